The predicted octanol–water partition coefficient (Wildman–Crippen LogP) is 1.50. The number of nitrogens with zero attached hydrogens (tertiary/aromatic N) is 2. The van der Waals surface area contributed by atoms with Crippen molar-refractivity contribution >= 4 is 15.7 Å². The van der Waals surface area contributed by atoms with E-state index in [1.807, 2.05) is 6.92 Å². The van der Waals surface area contributed by atoms with Crippen molar-refractivity contribution < 1.29 is 13.5 Å². The Morgan fingerprint density at radius 2 is 2.15 bits per heavy atom. The summed E-state index contributed by atoms with van der Waals surface area (Å²) in [7, 11) is -3.71. The van der Waals surface area contributed by atoms with Crippen molar-refractivity contribution in [3.05, 3.63) is 41.9 Å². The number of hydrogen-bond acceptors (Lipinski definition) is 4. The van der Waals surface area contributed by atoms with E-state index in [9.17, 15) is 8.42 Å². The number of sulfonamides is 1. The Labute approximate surface area is 118 Å². The lowest BCUT2D eigenvalue weighted by Gasteiger charge is -2.06. The maximum absolute atomic E-state index is 12.2. The average molecular weight is 295 g/mol. The summed E-state index contributed by atoms with van der Waals surface area (Å²) in [6.45, 7) is 4.20. The van der Waals surface area contributed by atoms with Crippen LogP contribution in [0.25, 0.3) is 0 Å². The Bertz CT molecular complexity index is 707. The van der Waals surface area contributed by atoms with Gasteiger partial charge in [0.05, 0.1) is 6.61 Å². The monoisotopic (exact) mass is 295 g/mol. The molecule has 0 amide bonds. The van der Waals surface area contributed by atoms with Gasteiger partial charge in [0, 0.05) is 18.4 Å². The minimum atomic E-state index is -3.71. The number of nitrogens with one attached hydrogen (secondary N) is 1. The Hall–Kier alpha value is -1.86. The zero-order valence-corrected chi connectivity index (χ0v) is 12.2. The molecular weight excluding hydrogens is 278 g/mol. The molecule has 0 radical (unpaired) electrons. The second-order valence-electron chi connectivity index (χ2n) is 4.38. The van der Waals surface area contributed by atoms with Crippen molar-refractivity contribution in [2.75, 3.05) is 4.72 Å². The van der Waals surface area contributed by atoms with Crippen LogP contribution in [0.3, 0.4) is 0 Å². The SMILES string of the molecule is CCn1cc(S(=O)(=O)Nc2cccc(CO)c2)nc1C. The molecule has 0 saturated heterocycles. The molecule has 0 saturated carbocycles. The van der Waals surface area contributed by atoms with Crippen LogP contribution in [0.2, 0.25) is 0 Å². The normalized spacial score (nSPS) is 11.6. The fourth-order valence-corrected chi connectivity index (χ4v) is 2.93. The predicted molar refractivity (Wildman–Crippen MR) is 75.8 cm³/mol. The molecule has 108 valence electrons. The third-order valence-electron chi connectivity index (χ3n) is 2.93. The van der Waals surface area contributed by atoms with E-state index < -0.39 is 10.0 Å². The fourth-order valence-electron chi connectivity index (χ4n) is 1.87. The third-order valence-corrected chi connectivity index (χ3v) is 4.18. The standard InChI is InChI=1S/C13H17N3O3S/c1-3-16-8-13(14-10(16)2)20(18,19)15-12-6-4-5-11(7-12)9-17/h4-8,15,17H,3,9H2,1-2H3. The molecule has 0 aliphatic carbocycles. The second-order valence-corrected chi connectivity index (χ2v) is 6.01. The number of aromatic nitrogens is 2. The number of benzene rings is 1. The average Bonchev–Trinajstić information content (AvgIpc) is 2.80. The maximum atomic E-state index is 12.2. The van der Waals surface area contributed by atoms with Crippen molar-refractivity contribution in [3.63, 3.8) is 0 Å². The lowest BCUT2D eigenvalue weighted by Crippen LogP contribution is -2.13. The molecule has 1 heterocycles. The zero-order chi connectivity index (χ0) is 14.8. The van der Waals surface area contributed by atoms with E-state index in [0.29, 0.717) is 23.6 Å². The summed E-state index contributed by atoms with van der Waals surface area (Å²) >= 11 is 0. The van der Waals surface area contributed by atoms with Crippen LogP contribution < -0.4 is 4.72 Å². The molecule has 20 heavy (non-hydrogen) atoms. The van der Waals surface area contributed by atoms with Gasteiger partial charge < -0.3 is 9.67 Å². The van der Waals surface area contributed by atoms with Crippen LogP contribution in [0.5, 0.6) is 0 Å². The van der Waals surface area contributed by atoms with Crippen molar-refractivity contribution in [2.45, 2.75) is 32.0 Å². The Balaban J connectivity index is 2.30. The second kappa shape index (κ2) is 5.64. The first-order valence-electron chi connectivity index (χ1n) is 6.22. The van der Waals surface area contributed by atoms with Crippen molar-refractivity contribution in [2.24, 2.45) is 0 Å². The van der Waals surface area contributed by atoms with E-state index in [2.05, 4.69) is 9.71 Å². The van der Waals surface area contributed by atoms with E-state index in [-0.39, 0.29) is 11.6 Å². The van der Waals surface area contributed by atoms with Crippen LogP contribution in [0, 0.1) is 6.92 Å². The highest BCUT2D eigenvalue weighted by molar-refractivity contribution is 7.92. The molecular formula is C13H17N3O3S. The van der Waals surface area contributed by atoms with Gasteiger partial charge in [-0.15, -0.1) is 0 Å². The molecule has 0 unspecified atom stereocenters. The first kappa shape index (κ1) is 14.5. The summed E-state index contributed by atoms with van der Waals surface area (Å²) in [5, 5.41) is 9.05. The van der Waals surface area contributed by atoms with Gasteiger partial charge in [-0.3, -0.25) is 4.72 Å². The van der Waals surface area contributed by atoms with Crippen LogP contribution in [-0.4, -0.2) is 23.1 Å². The van der Waals surface area contributed by atoms with Crippen LogP contribution in [-0.2, 0) is 23.2 Å². The molecule has 2 aromatic rings. The largest absolute Gasteiger partial charge is 0.392 e. The third kappa shape index (κ3) is 3.00. The number of rotatable bonds is 5. The fraction of sp³-hybridized carbons (Fsp3) is 0.308. The molecule has 1 aromatic carbocycles. The molecule has 0 atom stereocenters. The van der Waals surface area contributed by atoms with Gasteiger partial charge in [0.25, 0.3) is 10.0 Å². The topological polar surface area (TPSA) is 84.2 Å². The van der Waals surface area contributed by atoms with Gasteiger partial charge in [0.15, 0.2) is 5.03 Å². The van der Waals surface area contributed by atoms with Crippen molar-refractivity contribution in [1.29, 1.82) is 0 Å². The molecule has 0 aliphatic rings. The summed E-state index contributed by atoms with van der Waals surface area (Å²) in [6.07, 6.45) is 1.51. The number of hydrogen-bond donors (Lipinski definition) is 2. The zero-order valence-electron chi connectivity index (χ0n) is 11.4. The smallest absolute Gasteiger partial charge is 0.280 e. The van der Waals surface area contributed by atoms with Gasteiger partial charge in [-0.2, -0.15) is 8.42 Å². The van der Waals surface area contributed by atoms with Gasteiger partial charge >= 0.3 is 0 Å². The van der Waals surface area contributed by atoms with Gasteiger partial charge in [0.2, 0.25) is 0 Å². The van der Waals surface area contributed by atoms with Gasteiger partial charge in [-0.25, -0.2) is 4.98 Å². The van der Waals surface area contributed by atoms with E-state index in [1.54, 1.807) is 35.8 Å². The minimum Gasteiger partial charge on any atom is -0.392 e. The Morgan fingerprint density at radius 1 is 1.40 bits per heavy atom. The highest BCUT2D eigenvalue weighted by atomic mass is 32.2. The van der Waals surface area contributed by atoms with Gasteiger partial charge in [-0.1, -0.05) is 12.1 Å². The quantitative estimate of drug-likeness (QED) is 0.875. The van der Waals surface area contributed by atoms with Crippen molar-refractivity contribution in [3.8, 4) is 0 Å². The van der Waals surface area contributed by atoms with Gasteiger partial charge in [0.1, 0.15) is 5.82 Å². The van der Waals surface area contributed by atoms with E-state index in [0.717, 1.165) is 0 Å². The summed E-state index contributed by atoms with van der Waals surface area (Å²) in [4.78, 5) is 4.06. The molecule has 7 heteroatoms. The van der Waals surface area contributed by atoms with Crippen LogP contribution in [0.1, 0.15) is 18.3 Å². The lowest BCUT2D eigenvalue weighted by molar-refractivity contribution is 0.282. The molecule has 2 rings (SSSR count). The highest BCUT2D eigenvalue weighted by Crippen LogP contribution is 2.17. The number of anilines is 1. The Kier molecular flexibility index (Phi) is 4.10. The molecule has 0 spiro atoms. The minimum absolute atomic E-state index is 0.00810. The molecule has 0 aliphatic heterocycles. The van der Waals surface area contributed by atoms with E-state index >= 15 is 0 Å². The van der Waals surface area contributed by atoms with Gasteiger partial charge in [-0.05, 0) is 31.5 Å². The van der Waals surface area contributed by atoms with E-state index in [1.165, 1.54) is 6.20 Å². The number of imidazole rings is 1. The summed E-state index contributed by atoms with van der Waals surface area (Å²) in [5.41, 5.74) is 1.04. The number of aliphatic hydroxyl groups is 1. The number of aliphatic hydroxyl groups excluding tert-OH is 1. The first-order valence-corrected chi connectivity index (χ1v) is 7.71. The molecule has 0 bridgehead atoms. The van der Waals surface area contributed by atoms with E-state index in [4.69, 9.17) is 5.11 Å². The van der Waals surface area contributed by atoms with Crippen LogP contribution >= 0.6 is 0 Å². The highest BCUT2D eigenvalue weighted by Gasteiger charge is 2.19. The summed E-state index contributed by atoms with van der Waals surface area (Å²) in [6, 6.07) is 6.61. The number of aryl methyl sites for hydroxylation is 2. The van der Waals surface area contributed by atoms with Crippen LogP contribution in [0.4, 0.5) is 5.69 Å². The molecule has 2 N–H and O–H groups in total. The first-order chi connectivity index (χ1) is 9.46. The molecule has 0 fully saturated rings. The molecule has 6 nitrogen and oxygen atoms in total. The molecule has 1 aromatic heterocycles. The lowest BCUT2D eigenvalue weighted by atomic mass is 10.2. The maximum Gasteiger partial charge on any atom is 0.280 e. The Morgan fingerprint density at radius 3 is 2.75 bits per heavy atom. The summed E-state index contributed by atoms with van der Waals surface area (Å²) in [5.74, 6) is 0.650. The van der Waals surface area contributed by atoms with Crippen LogP contribution in [0.15, 0.2) is 35.5 Å². The van der Waals surface area contributed by atoms with Crippen molar-refractivity contribution in [1.82, 2.24) is 9.55 Å². The summed E-state index contributed by atoms with van der Waals surface area (Å²) < 4.78 is 28.7.